The van der Waals surface area contributed by atoms with E-state index in [9.17, 15) is 9.18 Å². The van der Waals surface area contributed by atoms with E-state index in [1.165, 1.54) is 0 Å². The number of ether oxygens (including phenoxy) is 1. The van der Waals surface area contributed by atoms with Crippen molar-refractivity contribution in [1.29, 1.82) is 0 Å². The normalized spacial score (nSPS) is 19.9. The quantitative estimate of drug-likeness (QED) is 0.731. The minimum Gasteiger partial charge on any atom is -0.369 e. The van der Waals surface area contributed by atoms with E-state index < -0.39 is 0 Å². The van der Waals surface area contributed by atoms with Gasteiger partial charge in [-0.2, -0.15) is 0 Å². The summed E-state index contributed by atoms with van der Waals surface area (Å²) in [5.74, 6) is -0.292. The highest BCUT2D eigenvalue weighted by Gasteiger charge is 2.24. The first-order valence-corrected chi connectivity index (χ1v) is 9.00. The van der Waals surface area contributed by atoms with E-state index in [1.807, 2.05) is 30.3 Å². The van der Waals surface area contributed by atoms with Gasteiger partial charge in [0, 0.05) is 33.6 Å². The van der Waals surface area contributed by atoms with Crippen LogP contribution in [0.2, 0.25) is 0 Å². The molecule has 1 unspecified atom stereocenters. The molecule has 2 N–H and O–H groups in total. The first kappa shape index (κ1) is 15.7. The van der Waals surface area contributed by atoms with Gasteiger partial charge in [-0.3, -0.25) is 4.79 Å². The van der Waals surface area contributed by atoms with Crippen LogP contribution in [0.15, 0.2) is 36.4 Å². The van der Waals surface area contributed by atoms with Crippen molar-refractivity contribution in [2.24, 2.45) is 0 Å². The van der Waals surface area contributed by atoms with Gasteiger partial charge in [0.15, 0.2) is 5.78 Å². The molecule has 2 aliphatic heterocycles. The predicted octanol–water partition coefficient (Wildman–Crippen LogP) is 4.11. The molecule has 2 aromatic carbocycles. The van der Waals surface area contributed by atoms with Crippen LogP contribution in [0.4, 0.5) is 4.39 Å². The zero-order valence-electron chi connectivity index (χ0n) is 14.3. The Balaban J connectivity index is 1.66. The smallest absolute Gasteiger partial charge is 0.189 e. The van der Waals surface area contributed by atoms with Crippen LogP contribution in [0.25, 0.3) is 22.2 Å². The molecule has 5 heteroatoms. The minimum atomic E-state index is -0.254. The van der Waals surface area contributed by atoms with Gasteiger partial charge in [-0.1, -0.05) is 18.2 Å². The monoisotopic (exact) mass is 350 g/mol. The molecule has 0 spiro atoms. The van der Waals surface area contributed by atoms with Crippen molar-refractivity contribution in [2.75, 3.05) is 13.2 Å². The molecule has 132 valence electrons. The molecule has 1 aromatic heterocycles. The number of H-pyrrole nitrogens is 1. The summed E-state index contributed by atoms with van der Waals surface area (Å²) in [7, 11) is 0. The van der Waals surface area contributed by atoms with Gasteiger partial charge in [-0.05, 0) is 43.1 Å². The second-order valence-electron chi connectivity index (χ2n) is 7.01. The third-order valence-corrected chi connectivity index (χ3v) is 5.43. The third-order valence-electron chi connectivity index (χ3n) is 5.43. The number of benzene rings is 2. The maximum absolute atomic E-state index is 15.0. The summed E-state index contributed by atoms with van der Waals surface area (Å²) in [5.41, 5.74) is 4.54. The summed E-state index contributed by atoms with van der Waals surface area (Å²) in [4.78, 5) is 15.6. The molecule has 3 aromatic rings. The molecule has 1 atom stereocenters. The van der Waals surface area contributed by atoms with Gasteiger partial charge in [0.2, 0.25) is 0 Å². The van der Waals surface area contributed by atoms with Crippen molar-refractivity contribution in [2.45, 2.75) is 25.5 Å². The molecule has 0 saturated carbocycles. The number of carbonyl (C=O) groups excluding carboxylic acids is 1. The van der Waals surface area contributed by atoms with Crippen molar-refractivity contribution < 1.29 is 13.9 Å². The minimum absolute atomic E-state index is 0.0389. The van der Waals surface area contributed by atoms with E-state index in [1.54, 1.807) is 6.07 Å². The molecule has 0 bridgehead atoms. The van der Waals surface area contributed by atoms with Crippen molar-refractivity contribution in [3.8, 4) is 11.3 Å². The van der Waals surface area contributed by atoms with Crippen molar-refractivity contribution in [3.05, 3.63) is 58.9 Å². The largest absolute Gasteiger partial charge is 0.369 e. The van der Waals surface area contributed by atoms with Gasteiger partial charge < -0.3 is 15.0 Å². The fourth-order valence-electron chi connectivity index (χ4n) is 4.17. The molecular formula is C21H19FN2O2. The average Bonchev–Trinajstić information content (AvgIpc) is 3.26. The first-order chi connectivity index (χ1) is 12.7. The highest BCUT2D eigenvalue weighted by atomic mass is 19.1. The number of halogens is 1. The van der Waals surface area contributed by atoms with Crippen LogP contribution in [0.3, 0.4) is 0 Å². The van der Waals surface area contributed by atoms with Crippen LogP contribution in [0, 0.1) is 5.82 Å². The fourth-order valence-corrected chi connectivity index (χ4v) is 4.17. The topological polar surface area (TPSA) is 54.1 Å². The Labute approximate surface area is 150 Å². The lowest BCUT2D eigenvalue weighted by atomic mass is 9.98. The van der Waals surface area contributed by atoms with Gasteiger partial charge in [0.1, 0.15) is 12.4 Å². The van der Waals surface area contributed by atoms with Gasteiger partial charge in [-0.15, -0.1) is 0 Å². The average molecular weight is 350 g/mol. The van der Waals surface area contributed by atoms with E-state index in [2.05, 4.69) is 10.3 Å². The molecule has 1 fully saturated rings. The summed E-state index contributed by atoms with van der Waals surface area (Å²) in [6.07, 6.45) is 2.16. The zero-order chi connectivity index (χ0) is 17.7. The molecule has 5 rings (SSSR count). The number of hydrogen-bond acceptors (Lipinski definition) is 3. The number of aromatic amines is 1. The highest BCUT2D eigenvalue weighted by Crippen LogP contribution is 2.37. The molecule has 4 nitrogen and oxygen atoms in total. The van der Waals surface area contributed by atoms with E-state index in [0.717, 1.165) is 41.4 Å². The van der Waals surface area contributed by atoms with Crippen LogP contribution >= 0.6 is 0 Å². The van der Waals surface area contributed by atoms with E-state index in [4.69, 9.17) is 4.74 Å². The van der Waals surface area contributed by atoms with Gasteiger partial charge in [0.25, 0.3) is 0 Å². The summed E-state index contributed by atoms with van der Waals surface area (Å²) >= 11 is 0. The van der Waals surface area contributed by atoms with Crippen LogP contribution in [-0.2, 0) is 11.3 Å². The molecule has 0 amide bonds. The lowest BCUT2D eigenvalue weighted by Gasteiger charge is -2.12. The van der Waals surface area contributed by atoms with E-state index in [-0.39, 0.29) is 24.2 Å². The maximum Gasteiger partial charge on any atom is 0.189 e. The number of aromatic nitrogens is 1. The van der Waals surface area contributed by atoms with Crippen molar-refractivity contribution >= 4 is 16.7 Å². The number of carbonyl (C=O) groups is 1. The molecule has 3 heterocycles. The van der Waals surface area contributed by atoms with Gasteiger partial charge in [-0.25, -0.2) is 4.39 Å². The van der Waals surface area contributed by atoms with E-state index >= 15 is 0 Å². The maximum atomic E-state index is 15.0. The number of hydrogen-bond donors (Lipinski definition) is 2. The standard InChI is InChI=1S/C21H19FN2O2/c22-16-9-12(17-5-2-8-23-17)6-7-13(16)21-15-10-26-11-19(25)14-3-1-4-18(24-21)20(14)15/h1,3-4,6-7,9,17,23-24H,2,5,8,10-11H2. The number of rotatable bonds is 2. The summed E-state index contributed by atoms with van der Waals surface area (Å²) in [6.45, 7) is 1.33. The van der Waals surface area contributed by atoms with Gasteiger partial charge in [0.05, 0.1) is 12.3 Å². The molecule has 2 aliphatic rings. The SMILES string of the molecule is O=C1COCc2c(-c3ccc(C4CCCN4)cc3F)[nH]c3cccc1c23. The number of nitrogens with one attached hydrogen (secondary N) is 2. The van der Waals surface area contributed by atoms with Crippen LogP contribution in [0.5, 0.6) is 0 Å². The zero-order valence-corrected chi connectivity index (χ0v) is 14.3. The third kappa shape index (κ3) is 2.39. The van der Waals surface area contributed by atoms with Crippen molar-refractivity contribution in [3.63, 3.8) is 0 Å². The summed E-state index contributed by atoms with van der Waals surface area (Å²) in [6, 6.07) is 11.2. The Kier molecular flexibility index (Phi) is 3.65. The summed E-state index contributed by atoms with van der Waals surface area (Å²) in [5, 5.41) is 4.25. The Morgan fingerprint density at radius 3 is 2.85 bits per heavy atom. The van der Waals surface area contributed by atoms with Gasteiger partial charge >= 0.3 is 0 Å². The number of Topliss-reactive ketones (excluding diaryl/α,β-unsaturated/α-hetero) is 1. The second-order valence-corrected chi connectivity index (χ2v) is 7.01. The Bertz CT molecular complexity index is 1020. The second kappa shape index (κ2) is 6.04. The Hall–Kier alpha value is -2.50. The molecule has 26 heavy (non-hydrogen) atoms. The lowest BCUT2D eigenvalue weighted by Crippen LogP contribution is -2.13. The van der Waals surface area contributed by atoms with Crippen molar-refractivity contribution in [1.82, 2.24) is 10.3 Å². The Morgan fingerprint density at radius 2 is 2.04 bits per heavy atom. The van der Waals surface area contributed by atoms with Crippen LogP contribution in [0.1, 0.15) is 40.4 Å². The van der Waals surface area contributed by atoms with E-state index in [0.29, 0.717) is 23.4 Å². The highest BCUT2D eigenvalue weighted by molar-refractivity contribution is 6.11. The molecule has 0 radical (unpaired) electrons. The molecule has 0 aliphatic carbocycles. The predicted molar refractivity (Wildman–Crippen MR) is 97.7 cm³/mol. The lowest BCUT2D eigenvalue weighted by molar-refractivity contribution is 0.0742. The Morgan fingerprint density at radius 1 is 1.12 bits per heavy atom. The fraction of sp³-hybridized carbons (Fsp3) is 0.286. The van der Waals surface area contributed by atoms with Crippen LogP contribution < -0.4 is 5.32 Å². The van der Waals surface area contributed by atoms with Crippen LogP contribution in [-0.4, -0.2) is 23.9 Å². The first-order valence-electron chi connectivity index (χ1n) is 9.00. The molecule has 1 saturated heterocycles. The number of ketones is 1. The summed E-state index contributed by atoms with van der Waals surface area (Å²) < 4.78 is 20.5. The molecular weight excluding hydrogens is 331 g/mol.